The molecule has 92 valence electrons. The SMILES string of the molecule is C(#Cc1ccccc1)CNCC1CCCO1.Cl. The summed E-state index contributed by atoms with van der Waals surface area (Å²) < 4.78 is 5.51. The molecule has 1 fully saturated rings. The summed E-state index contributed by atoms with van der Waals surface area (Å²) in [6, 6.07) is 10.1. The molecule has 0 radical (unpaired) electrons. The second kappa shape index (κ2) is 8.14. The molecule has 0 aromatic heterocycles. The van der Waals surface area contributed by atoms with Gasteiger partial charge in [0.1, 0.15) is 0 Å². The molecule has 2 nitrogen and oxygen atoms in total. The molecular weight excluding hydrogens is 234 g/mol. The molecule has 1 heterocycles. The maximum atomic E-state index is 5.51. The number of ether oxygens (including phenoxy) is 1. The van der Waals surface area contributed by atoms with Crippen LogP contribution in [0.3, 0.4) is 0 Å². The van der Waals surface area contributed by atoms with Crippen molar-refractivity contribution in [3.05, 3.63) is 35.9 Å². The lowest BCUT2D eigenvalue weighted by Gasteiger charge is -2.07. The first-order valence-corrected chi connectivity index (χ1v) is 5.81. The Balaban J connectivity index is 0.00000144. The van der Waals surface area contributed by atoms with Gasteiger partial charge < -0.3 is 10.1 Å². The van der Waals surface area contributed by atoms with Crippen molar-refractivity contribution < 1.29 is 4.74 Å². The zero-order valence-electron chi connectivity index (χ0n) is 9.82. The number of rotatable bonds is 3. The monoisotopic (exact) mass is 251 g/mol. The van der Waals surface area contributed by atoms with Crippen molar-refractivity contribution in [2.45, 2.75) is 18.9 Å². The van der Waals surface area contributed by atoms with E-state index in [4.69, 9.17) is 4.74 Å². The van der Waals surface area contributed by atoms with Crippen LogP contribution in [0.4, 0.5) is 0 Å². The quantitative estimate of drug-likeness (QED) is 0.657. The molecule has 1 aromatic carbocycles. The Morgan fingerprint density at radius 3 is 2.82 bits per heavy atom. The zero-order valence-corrected chi connectivity index (χ0v) is 10.6. The fourth-order valence-electron chi connectivity index (χ4n) is 1.77. The maximum Gasteiger partial charge on any atom is 0.0700 e. The average molecular weight is 252 g/mol. The van der Waals surface area contributed by atoms with Gasteiger partial charge in [-0.05, 0) is 25.0 Å². The van der Waals surface area contributed by atoms with Crippen LogP contribution < -0.4 is 5.32 Å². The van der Waals surface area contributed by atoms with Crippen molar-refractivity contribution in [3.63, 3.8) is 0 Å². The minimum Gasteiger partial charge on any atom is -0.377 e. The van der Waals surface area contributed by atoms with Crippen LogP contribution in [0.1, 0.15) is 18.4 Å². The average Bonchev–Trinajstić information content (AvgIpc) is 2.83. The highest BCUT2D eigenvalue weighted by Crippen LogP contribution is 2.10. The largest absolute Gasteiger partial charge is 0.377 e. The Bertz CT molecular complexity index is 363. The highest BCUT2D eigenvalue weighted by molar-refractivity contribution is 5.85. The second-order valence-electron chi connectivity index (χ2n) is 3.93. The van der Waals surface area contributed by atoms with Gasteiger partial charge in [0.15, 0.2) is 0 Å². The van der Waals surface area contributed by atoms with Gasteiger partial charge in [0, 0.05) is 18.7 Å². The number of benzene rings is 1. The van der Waals surface area contributed by atoms with E-state index < -0.39 is 0 Å². The van der Waals surface area contributed by atoms with Crippen molar-refractivity contribution in [2.24, 2.45) is 0 Å². The molecule has 17 heavy (non-hydrogen) atoms. The highest BCUT2D eigenvalue weighted by Gasteiger charge is 2.13. The molecule has 1 aliphatic heterocycles. The van der Waals surface area contributed by atoms with Crippen LogP contribution in [0, 0.1) is 11.8 Å². The molecule has 0 bridgehead atoms. The number of halogens is 1. The molecule has 3 heteroatoms. The standard InChI is InChI=1S/C14H17NO.ClH/c1-2-6-13(7-3-1)8-4-10-15-12-14-9-5-11-16-14;/h1-3,6-7,14-15H,5,9-12H2;1H. The molecule has 1 aliphatic rings. The van der Waals surface area contributed by atoms with E-state index in [1.54, 1.807) is 0 Å². The van der Waals surface area contributed by atoms with Gasteiger partial charge >= 0.3 is 0 Å². The van der Waals surface area contributed by atoms with E-state index in [1.807, 2.05) is 30.3 Å². The van der Waals surface area contributed by atoms with Gasteiger partial charge in [0.25, 0.3) is 0 Å². The summed E-state index contributed by atoms with van der Waals surface area (Å²) in [5.74, 6) is 6.23. The van der Waals surface area contributed by atoms with Gasteiger partial charge in [-0.1, -0.05) is 30.0 Å². The minimum absolute atomic E-state index is 0. The fourth-order valence-corrected chi connectivity index (χ4v) is 1.77. The van der Waals surface area contributed by atoms with E-state index >= 15 is 0 Å². The molecule has 0 aliphatic carbocycles. The first kappa shape index (κ1) is 14.1. The summed E-state index contributed by atoms with van der Waals surface area (Å²) >= 11 is 0. The maximum absolute atomic E-state index is 5.51. The van der Waals surface area contributed by atoms with E-state index in [0.29, 0.717) is 6.10 Å². The summed E-state index contributed by atoms with van der Waals surface area (Å²) in [4.78, 5) is 0. The molecule has 1 N–H and O–H groups in total. The van der Waals surface area contributed by atoms with Crippen molar-refractivity contribution in [1.82, 2.24) is 5.32 Å². The summed E-state index contributed by atoms with van der Waals surface area (Å²) in [5.41, 5.74) is 1.07. The summed E-state index contributed by atoms with van der Waals surface area (Å²) in [6.07, 6.45) is 2.78. The molecular formula is C14H18ClNO. The van der Waals surface area contributed by atoms with E-state index in [-0.39, 0.29) is 12.4 Å². The van der Waals surface area contributed by atoms with E-state index in [2.05, 4.69) is 17.2 Å². The molecule has 1 aromatic rings. The molecule has 0 amide bonds. The van der Waals surface area contributed by atoms with Crippen molar-refractivity contribution in [1.29, 1.82) is 0 Å². The molecule has 0 spiro atoms. The number of nitrogens with one attached hydrogen (secondary N) is 1. The lowest BCUT2D eigenvalue weighted by Crippen LogP contribution is -2.26. The Hall–Kier alpha value is -1.01. The van der Waals surface area contributed by atoms with E-state index in [1.165, 1.54) is 12.8 Å². The van der Waals surface area contributed by atoms with Crippen LogP contribution in [-0.4, -0.2) is 25.8 Å². The minimum atomic E-state index is 0. The van der Waals surface area contributed by atoms with Gasteiger partial charge in [-0.3, -0.25) is 0 Å². The van der Waals surface area contributed by atoms with Crippen LogP contribution in [0.2, 0.25) is 0 Å². The highest BCUT2D eigenvalue weighted by atomic mass is 35.5. The normalized spacial score (nSPS) is 18.0. The number of hydrogen-bond acceptors (Lipinski definition) is 2. The van der Waals surface area contributed by atoms with Crippen LogP contribution >= 0.6 is 12.4 Å². The van der Waals surface area contributed by atoms with Gasteiger partial charge in [-0.2, -0.15) is 0 Å². The molecule has 2 rings (SSSR count). The van der Waals surface area contributed by atoms with E-state index in [0.717, 1.165) is 25.3 Å². The lowest BCUT2D eigenvalue weighted by molar-refractivity contribution is 0.111. The summed E-state index contributed by atoms with van der Waals surface area (Å²) in [6.45, 7) is 2.57. The fraction of sp³-hybridized carbons (Fsp3) is 0.429. The zero-order chi connectivity index (χ0) is 11.1. The Kier molecular flexibility index (Phi) is 6.73. The summed E-state index contributed by atoms with van der Waals surface area (Å²) in [7, 11) is 0. The third-order valence-corrected chi connectivity index (χ3v) is 2.62. The van der Waals surface area contributed by atoms with Crippen molar-refractivity contribution >= 4 is 12.4 Å². The topological polar surface area (TPSA) is 21.3 Å². The number of hydrogen-bond donors (Lipinski definition) is 1. The summed E-state index contributed by atoms with van der Waals surface area (Å²) in [5, 5.41) is 3.30. The molecule has 1 unspecified atom stereocenters. The van der Waals surface area contributed by atoms with Crippen LogP contribution in [0.5, 0.6) is 0 Å². The van der Waals surface area contributed by atoms with Crippen LogP contribution in [0.15, 0.2) is 30.3 Å². The smallest absolute Gasteiger partial charge is 0.0700 e. The Morgan fingerprint density at radius 2 is 2.12 bits per heavy atom. The van der Waals surface area contributed by atoms with Gasteiger partial charge in [0.05, 0.1) is 12.6 Å². The molecule has 1 atom stereocenters. The van der Waals surface area contributed by atoms with Gasteiger partial charge in [-0.15, -0.1) is 12.4 Å². The first-order chi connectivity index (χ1) is 7.95. The van der Waals surface area contributed by atoms with Gasteiger partial charge in [0.2, 0.25) is 0 Å². The van der Waals surface area contributed by atoms with Crippen LogP contribution in [-0.2, 0) is 4.74 Å². The molecule has 1 saturated heterocycles. The third kappa shape index (κ3) is 5.23. The third-order valence-electron chi connectivity index (χ3n) is 2.62. The van der Waals surface area contributed by atoms with Crippen molar-refractivity contribution in [3.8, 4) is 11.8 Å². The lowest BCUT2D eigenvalue weighted by atomic mass is 10.2. The molecule has 0 saturated carbocycles. The second-order valence-corrected chi connectivity index (χ2v) is 3.93. The predicted octanol–water partition coefficient (Wildman–Crippen LogP) is 2.23. The van der Waals surface area contributed by atoms with Crippen molar-refractivity contribution in [2.75, 3.05) is 19.7 Å². The van der Waals surface area contributed by atoms with Gasteiger partial charge in [-0.25, -0.2) is 0 Å². The van der Waals surface area contributed by atoms with E-state index in [9.17, 15) is 0 Å². The Labute approximate surface area is 109 Å². The first-order valence-electron chi connectivity index (χ1n) is 5.81. The van der Waals surface area contributed by atoms with Crippen LogP contribution in [0.25, 0.3) is 0 Å². The Morgan fingerprint density at radius 1 is 1.29 bits per heavy atom. The predicted molar refractivity (Wildman–Crippen MR) is 72.4 cm³/mol.